The molecule has 5 atom stereocenters. The van der Waals surface area contributed by atoms with E-state index in [9.17, 15) is 5.11 Å². The highest BCUT2D eigenvalue weighted by Gasteiger charge is 2.51. The van der Waals surface area contributed by atoms with E-state index in [0.717, 1.165) is 19.4 Å². The number of aryl methyl sites for hydroxylation is 1. The number of aromatic nitrogens is 2. The Hall–Kier alpha value is -1.44. The van der Waals surface area contributed by atoms with Crippen molar-refractivity contribution in [2.75, 3.05) is 13.2 Å². The maximum absolute atomic E-state index is 10.9. The van der Waals surface area contributed by atoms with Gasteiger partial charge < -0.3 is 19.9 Å². The minimum Gasteiger partial charge on any atom is -0.389 e. The van der Waals surface area contributed by atoms with Gasteiger partial charge in [-0.3, -0.25) is 4.68 Å². The van der Waals surface area contributed by atoms with Gasteiger partial charge in [0.15, 0.2) is 6.29 Å². The molecule has 2 fully saturated rings. The van der Waals surface area contributed by atoms with Gasteiger partial charge in [-0.2, -0.15) is 5.10 Å². The highest BCUT2D eigenvalue weighted by atomic mass is 35.5. The van der Waals surface area contributed by atoms with Crippen LogP contribution in [-0.4, -0.2) is 52.6 Å². The first kappa shape index (κ1) is 17.0. The molecule has 2 aliphatic rings. The van der Waals surface area contributed by atoms with E-state index < -0.39 is 18.4 Å². The lowest BCUT2D eigenvalue weighted by Crippen LogP contribution is -2.57. The first-order chi connectivity index (χ1) is 12.2. The SMILES string of the molecule is OC1C(NCCCc2ccccc2)C2COC(O2)C1n1cc(Cl)cn1. The number of hydrogen-bond acceptors (Lipinski definition) is 5. The van der Waals surface area contributed by atoms with E-state index in [4.69, 9.17) is 21.1 Å². The predicted octanol–water partition coefficient (Wildman–Crippen LogP) is 1.78. The molecule has 4 rings (SSSR count). The number of nitrogens with zero attached hydrogens (tertiary/aromatic N) is 2. The van der Waals surface area contributed by atoms with Crippen molar-refractivity contribution >= 4 is 11.6 Å². The summed E-state index contributed by atoms with van der Waals surface area (Å²) in [4.78, 5) is 0. The highest BCUT2D eigenvalue weighted by molar-refractivity contribution is 6.30. The van der Waals surface area contributed by atoms with E-state index in [1.54, 1.807) is 17.1 Å². The number of halogens is 1. The predicted molar refractivity (Wildman–Crippen MR) is 93.4 cm³/mol. The molecular formula is C18H22ClN3O3. The third-order valence-electron chi connectivity index (χ3n) is 4.87. The monoisotopic (exact) mass is 363 g/mol. The molecule has 2 aliphatic heterocycles. The number of fused-ring (bicyclic) bond motifs is 2. The molecule has 2 N–H and O–H groups in total. The second kappa shape index (κ2) is 7.43. The largest absolute Gasteiger partial charge is 0.389 e. The molecule has 0 amide bonds. The molecule has 6 nitrogen and oxygen atoms in total. The van der Waals surface area contributed by atoms with Crippen LogP contribution in [0.4, 0.5) is 0 Å². The van der Waals surface area contributed by atoms with Crippen molar-refractivity contribution in [3.05, 3.63) is 53.3 Å². The van der Waals surface area contributed by atoms with Gasteiger partial charge in [0.1, 0.15) is 12.1 Å². The second-order valence-corrected chi connectivity index (χ2v) is 7.00. The zero-order valence-corrected chi connectivity index (χ0v) is 14.5. The van der Waals surface area contributed by atoms with E-state index in [-0.39, 0.29) is 12.1 Å². The first-order valence-corrected chi connectivity index (χ1v) is 9.02. The fraction of sp³-hybridized carbons (Fsp3) is 0.500. The molecular weight excluding hydrogens is 342 g/mol. The molecule has 2 saturated heterocycles. The summed E-state index contributed by atoms with van der Waals surface area (Å²) in [5.41, 5.74) is 1.32. The Balaban J connectivity index is 1.37. The maximum Gasteiger partial charge on any atom is 0.183 e. The molecule has 7 heteroatoms. The van der Waals surface area contributed by atoms with Crippen molar-refractivity contribution in [3.63, 3.8) is 0 Å². The van der Waals surface area contributed by atoms with Crippen LogP contribution < -0.4 is 5.32 Å². The maximum atomic E-state index is 10.9. The van der Waals surface area contributed by atoms with Crippen molar-refractivity contribution in [1.82, 2.24) is 15.1 Å². The van der Waals surface area contributed by atoms with Crippen LogP contribution in [0, 0.1) is 0 Å². The highest BCUT2D eigenvalue weighted by Crippen LogP contribution is 2.35. The zero-order chi connectivity index (χ0) is 17.2. The summed E-state index contributed by atoms with van der Waals surface area (Å²) in [5, 5.41) is 19.1. The number of ether oxygens (including phenoxy) is 2. The van der Waals surface area contributed by atoms with Crippen LogP contribution in [0.5, 0.6) is 0 Å². The molecule has 3 heterocycles. The fourth-order valence-corrected chi connectivity index (χ4v) is 3.76. The Morgan fingerprint density at radius 2 is 2.16 bits per heavy atom. The number of hydrogen-bond donors (Lipinski definition) is 2. The third kappa shape index (κ3) is 3.59. The average Bonchev–Trinajstić information content (AvgIpc) is 3.23. The van der Waals surface area contributed by atoms with Gasteiger partial charge in [-0.05, 0) is 24.9 Å². The minimum absolute atomic E-state index is 0.140. The van der Waals surface area contributed by atoms with Crippen LogP contribution in [0.3, 0.4) is 0 Å². The lowest BCUT2D eigenvalue weighted by molar-refractivity contribution is -0.167. The van der Waals surface area contributed by atoms with E-state index in [2.05, 4.69) is 34.7 Å². The molecule has 1 aromatic heterocycles. The molecule has 0 saturated carbocycles. The van der Waals surface area contributed by atoms with E-state index >= 15 is 0 Å². The Morgan fingerprint density at radius 1 is 1.32 bits per heavy atom. The molecule has 0 radical (unpaired) electrons. The summed E-state index contributed by atoms with van der Waals surface area (Å²) in [7, 11) is 0. The second-order valence-electron chi connectivity index (χ2n) is 6.57. The van der Waals surface area contributed by atoms with E-state index in [1.165, 1.54) is 5.56 Å². The fourth-order valence-electron chi connectivity index (χ4n) is 3.62. The summed E-state index contributed by atoms with van der Waals surface area (Å²) in [6.07, 6.45) is 3.95. The first-order valence-electron chi connectivity index (χ1n) is 8.64. The van der Waals surface area contributed by atoms with Crippen molar-refractivity contribution in [3.8, 4) is 0 Å². The molecule has 134 valence electrons. The van der Waals surface area contributed by atoms with Crippen molar-refractivity contribution in [1.29, 1.82) is 0 Å². The summed E-state index contributed by atoms with van der Waals surface area (Å²) in [5.74, 6) is 0. The van der Waals surface area contributed by atoms with E-state index in [0.29, 0.717) is 11.6 Å². The van der Waals surface area contributed by atoms with Crippen molar-refractivity contribution in [2.24, 2.45) is 0 Å². The number of benzene rings is 1. The van der Waals surface area contributed by atoms with Crippen LogP contribution in [0.15, 0.2) is 42.7 Å². The lowest BCUT2D eigenvalue weighted by atomic mass is 9.96. The van der Waals surface area contributed by atoms with Gasteiger partial charge in [-0.15, -0.1) is 0 Å². The van der Waals surface area contributed by atoms with Gasteiger partial charge in [0.05, 0.1) is 30.0 Å². The summed E-state index contributed by atoms with van der Waals surface area (Å²) < 4.78 is 13.3. The number of aliphatic hydroxyl groups is 1. The Labute approximate surface area is 151 Å². The molecule has 1 aromatic carbocycles. The number of rotatable bonds is 6. The standard InChI is InChI=1S/C18H22ClN3O3/c19-13-9-21-22(10-13)16-17(23)15(14-11-24-18(16)25-14)20-8-4-7-12-5-2-1-3-6-12/h1-3,5-6,9-10,14-18,20,23H,4,7-8,11H2. The smallest absolute Gasteiger partial charge is 0.183 e. The van der Waals surface area contributed by atoms with Crippen LogP contribution in [0.1, 0.15) is 18.0 Å². The zero-order valence-electron chi connectivity index (χ0n) is 13.8. The number of nitrogens with one attached hydrogen (secondary N) is 1. The van der Waals surface area contributed by atoms with Gasteiger partial charge in [0, 0.05) is 6.20 Å². The quantitative estimate of drug-likeness (QED) is 0.766. The minimum atomic E-state index is -0.654. The van der Waals surface area contributed by atoms with Gasteiger partial charge in [-0.25, -0.2) is 0 Å². The van der Waals surface area contributed by atoms with Crippen LogP contribution >= 0.6 is 11.6 Å². The van der Waals surface area contributed by atoms with Gasteiger partial charge in [0.25, 0.3) is 0 Å². The Kier molecular flexibility index (Phi) is 5.05. The Bertz CT molecular complexity index is 696. The van der Waals surface area contributed by atoms with E-state index in [1.807, 2.05) is 6.07 Å². The van der Waals surface area contributed by atoms with Gasteiger partial charge >= 0.3 is 0 Å². The summed E-state index contributed by atoms with van der Waals surface area (Å²) >= 11 is 5.96. The van der Waals surface area contributed by atoms with Crippen molar-refractivity contribution < 1.29 is 14.6 Å². The van der Waals surface area contributed by atoms with Crippen LogP contribution in [0.2, 0.25) is 5.02 Å². The summed E-state index contributed by atoms with van der Waals surface area (Å²) in [6, 6.07) is 9.79. The third-order valence-corrected chi connectivity index (χ3v) is 5.07. The normalized spacial score (nSPS) is 31.4. The van der Waals surface area contributed by atoms with Crippen LogP contribution in [0.25, 0.3) is 0 Å². The number of aliphatic hydroxyl groups excluding tert-OH is 1. The molecule has 2 aromatic rings. The van der Waals surface area contributed by atoms with Gasteiger partial charge in [-0.1, -0.05) is 41.9 Å². The molecule has 25 heavy (non-hydrogen) atoms. The summed E-state index contributed by atoms with van der Waals surface area (Å²) in [6.45, 7) is 1.28. The molecule has 2 bridgehead atoms. The van der Waals surface area contributed by atoms with Crippen molar-refractivity contribution in [2.45, 2.75) is 43.4 Å². The lowest BCUT2D eigenvalue weighted by Gasteiger charge is -2.38. The average molecular weight is 364 g/mol. The molecule has 0 spiro atoms. The van der Waals surface area contributed by atoms with Gasteiger partial charge in [0.2, 0.25) is 0 Å². The molecule has 0 aliphatic carbocycles. The molecule has 5 unspecified atom stereocenters. The topological polar surface area (TPSA) is 68.5 Å². The van der Waals surface area contributed by atoms with Crippen LogP contribution in [-0.2, 0) is 15.9 Å². The Morgan fingerprint density at radius 3 is 2.92 bits per heavy atom.